The summed E-state index contributed by atoms with van der Waals surface area (Å²) in [4.78, 5) is 1.22. The Labute approximate surface area is 110 Å². The van der Waals surface area contributed by atoms with E-state index >= 15 is 0 Å². The van der Waals surface area contributed by atoms with Crippen molar-refractivity contribution in [2.24, 2.45) is 0 Å². The lowest BCUT2D eigenvalue weighted by molar-refractivity contribution is 0.170. The Kier molecular flexibility index (Phi) is 4.47. The lowest BCUT2D eigenvalue weighted by atomic mass is 10.1. The fourth-order valence-electron chi connectivity index (χ4n) is 1.76. The fourth-order valence-corrected chi connectivity index (χ4v) is 2.52. The minimum Gasteiger partial charge on any atom is -0.387 e. The average molecular weight is 265 g/mol. The van der Waals surface area contributed by atoms with Crippen LogP contribution in [-0.2, 0) is 0 Å². The molecule has 2 atom stereocenters. The number of hydrogen-bond acceptors (Lipinski definition) is 3. The number of nitrogens with one attached hydrogen (secondary N) is 1. The number of halogens is 1. The molecule has 0 aliphatic carbocycles. The zero-order valence-corrected chi connectivity index (χ0v) is 11.0. The van der Waals surface area contributed by atoms with Crippen molar-refractivity contribution in [3.05, 3.63) is 58.0 Å². The monoisotopic (exact) mass is 265 g/mol. The van der Waals surface area contributed by atoms with Crippen LogP contribution < -0.4 is 5.32 Å². The highest BCUT2D eigenvalue weighted by atomic mass is 32.1. The van der Waals surface area contributed by atoms with Crippen molar-refractivity contribution in [1.82, 2.24) is 5.32 Å². The molecule has 1 aromatic heterocycles. The molecule has 0 spiro atoms. The number of aliphatic hydroxyl groups excluding tert-OH is 1. The van der Waals surface area contributed by atoms with Gasteiger partial charge >= 0.3 is 0 Å². The van der Waals surface area contributed by atoms with E-state index in [-0.39, 0.29) is 11.9 Å². The smallest absolute Gasteiger partial charge is 0.123 e. The van der Waals surface area contributed by atoms with Crippen molar-refractivity contribution in [3.63, 3.8) is 0 Å². The van der Waals surface area contributed by atoms with E-state index in [2.05, 4.69) is 11.4 Å². The van der Waals surface area contributed by atoms with Gasteiger partial charge in [-0.05, 0) is 36.1 Å². The van der Waals surface area contributed by atoms with Gasteiger partial charge < -0.3 is 10.4 Å². The van der Waals surface area contributed by atoms with Crippen molar-refractivity contribution in [3.8, 4) is 0 Å². The summed E-state index contributed by atoms with van der Waals surface area (Å²) < 4.78 is 13.0. The first-order valence-electron chi connectivity index (χ1n) is 5.87. The first kappa shape index (κ1) is 13.2. The molecule has 0 amide bonds. The van der Waals surface area contributed by atoms with Gasteiger partial charge in [-0.3, -0.25) is 0 Å². The zero-order chi connectivity index (χ0) is 13.0. The lowest BCUT2D eigenvalue weighted by Gasteiger charge is -2.16. The van der Waals surface area contributed by atoms with Gasteiger partial charge in [-0.25, -0.2) is 4.39 Å². The minimum absolute atomic E-state index is 0.188. The summed E-state index contributed by atoms with van der Waals surface area (Å²) in [5.41, 5.74) is 0.598. The van der Waals surface area contributed by atoms with Crippen LogP contribution in [-0.4, -0.2) is 11.7 Å². The van der Waals surface area contributed by atoms with E-state index in [1.165, 1.54) is 17.0 Å². The van der Waals surface area contributed by atoms with E-state index in [1.54, 1.807) is 23.5 Å². The van der Waals surface area contributed by atoms with Gasteiger partial charge in [-0.2, -0.15) is 0 Å². The predicted molar refractivity (Wildman–Crippen MR) is 72.1 cm³/mol. The standard InChI is InChI=1S/C14H16FNOS/c1-10(14-6-3-7-18-14)16-9-13(17)11-4-2-5-12(15)8-11/h2-8,10,13,16-17H,9H2,1H3/t10-,13?/m1/s1. The molecule has 2 rings (SSSR count). The van der Waals surface area contributed by atoms with Gasteiger partial charge in [0, 0.05) is 17.5 Å². The molecule has 0 bridgehead atoms. The van der Waals surface area contributed by atoms with Crippen LogP contribution in [0, 0.1) is 5.82 Å². The maximum Gasteiger partial charge on any atom is 0.123 e. The topological polar surface area (TPSA) is 32.3 Å². The molecule has 1 heterocycles. The largest absolute Gasteiger partial charge is 0.387 e. The molecule has 2 aromatic rings. The number of thiophene rings is 1. The van der Waals surface area contributed by atoms with Crippen LogP contribution in [0.1, 0.15) is 29.5 Å². The van der Waals surface area contributed by atoms with E-state index < -0.39 is 6.10 Å². The van der Waals surface area contributed by atoms with E-state index in [1.807, 2.05) is 18.4 Å². The predicted octanol–water partition coefficient (Wildman–Crippen LogP) is 3.27. The summed E-state index contributed by atoms with van der Waals surface area (Å²) in [5.74, 6) is -0.321. The van der Waals surface area contributed by atoms with E-state index in [9.17, 15) is 9.50 Å². The van der Waals surface area contributed by atoms with Crippen molar-refractivity contribution in [2.45, 2.75) is 19.1 Å². The Morgan fingerprint density at radius 2 is 2.17 bits per heavy atom. The van der Waals surface area contributed by atoms with E-state index in [0.717, 1.165) is 0 Å². The lowest BCUT2D eigenvalue weighted by Crippen LogP contribution is -2.24. The zero-order valence-electron chi connectivity index (χ0n) is 10.1. The van der Waals surface area contributed by atoms with Gasteiger partial charge in [-0.15, -0.1) is 11.3 Å². The molecule has 0 radical (unpaired) electrons. The summed E-state index contributed by atoms with van der Waals surface area (Å²) in [7, 11) is 0. The third kappa shape index (κ3) is 3.38. The van der Waals surface area contributed by atoms with Crippen molar-refractivity contribution >= 4 is 11.3 Å². The van der Waals surface area contributed by atoms with Gasteiger partial charge in [0.05, 0.1) is 6.10 Å². The Morgan fingerprint density at radius 3 is 2.83 bits per heavy atom. The Hall–Kier alpha value is -1.23. The summed E-state index contributed by atoms with van der Waals surface area (Å²) in [6.07, 6.45) is -0.692. The molecule has 0 aliphatic heterocycles. The second-order valence-corrected chi connectivity index (χ2v) is 5.20. The molecule has 2 nitrogen and oxygen atoms in total. The molecule has 4 heteroatoms. The van der Waals surface area contributed by atoms with Crippen molar-refractivity contribution < 1.29 is 9.50 Å². The Bertz CT molecular complexity index is 486. The molecule has 96 valence electrons. The molecule has 0 saturated carbocycles. The minimum atomic E-state index is -0.692. The maximum atomic E-state index is 13.0. The summed E-state index contributed by atoms with van der Waals surface area (Å²) in [5, 5.41) is 15.2. The highest BCUT2D eigenvalue weighted by Gasteiger charge is 2.11. The fraction of sp³-hybridized carbons (Fsp3) is 0.286. The Morgan fingerprint density at radius 1 is 1.33 bits per heavy atom. The summed E-state index contributed by atoms with van der Waals surface area (Å²) >= 11 is 1.68. The van der Waals surface area contributed by atoms with Crippen LogP contribution in [0.5, 0.6) is 0 Å². The van der Waals surface area contributed by atoms with Gasteiger partial charge in [0.2, 0.25) is 0 Å². The van der Waals surface area contributed by atoms with E-state index in [0.29, 0.717) is 12.1 Å². The second kappa shape index (κ2) is 6.09. The quantitative estimate of drug-likeness (QED) is 0.869. The van der Waals surface area contributed by atoms with Crippen LogP contribution in [0.15, 0.2) is 41.8 Å². The highest BCUT2D eigenvalue weighted by molar-refractivity contribution is 7.10. The van der Waals surface area contributed by atoms with Crippen molar-refractivity contribution in [1.29, 1.82) is 0 Å². The maximum absolute atomic E-state index is 13.0. The average Bonchev–Trinajstić information content (AvgIpc) is 2.89. The molecular formula is C14H16FNOS. The molecule has 18 heavy (non-hydrogen) atoms. The first-order valence-corrected chi connectivity index (χ1v) is 6.75. The molecular weight excluding hydrogens is 249 g/mol. The van der Waals surface area contributed by atoms with E-state index in [4.69, 9.17) is 0 Å². The Balaban J connectivity index is 1.90. The molecule has 1 unspecified atom stereocenters. The molecule has 0 saturated heterocycles. The second-order valence-electron chi connectivity index (χ2n) is 4.22. The highest BCUT2D eigenvalue weighted by Crippen LogP contribution is 2.19. The molecule has 1 aromatic carbocycles. The third-order valence-electron chi connectivity index (χ3n) is 2.82. The van der Waals surface area contributed by atoms with Gasteiger partial charge in [0.1, 0.15) is 5.82 Å². The summed E-state index contributed by atoms with van der Waals surface area (Å²) in [6.45, 7) is 2.45. The number of benzene rings is 1. The number of hydrogen-bond donors (Lipinski definition) is 2. The van der Waals surface area contributed by atoms with Crippen LogP contribution >= 0.6 is 11.3 Å². The number of rotatable bonds is 5. The normalized spacial score (nSPS) is 14.4. The third-order valence-corrected chi connectivity index (χ3v) is 3.88. The molecule has 2 N–H and O–H groups in total. The molecule has 0 fully saturated rings. The van der Waals surface area contributed by atoms with Crippen LogP contribution in [0.3, 0.4) is 0 Å². The SMILES string of the molecule is C[C@@H](NCC(O)c1cccc(F)c1)c1cccs1. The van der Waals surface area contributed by atoms with Crippen LogP contribution in [0.2, 0.25) is 0 Å². The molecule has 0 aliphatic rings. The first-order chi connectivity index (χ1) is 8.66. The van der Waals surface area contributed by atoms with Gasteiger partial charge in [0.25, 0.3) is 0 Å². The van der Waals surface area contributed by atoms with Crippen LogP contribution in [0.25, 0.3) is 0 Å². The van der Waals surface area contributed by atoms with Crippen molar-refractivity contribution in [2.75, 3.05) is 6.54 Å². The van der Waals surface area contributed by atoms with Crippen LogP contribution in [0.4, 0.5) is 4.39 Å². The van der Waals surface area contributed by atoms with Gasteiger partial charge in [0.15, 0.2) is 0 Å². The number of aliphatic hydroxyl groups is 1. The van der Waals surface area contributed by atoms with Gasteiger partial charge in [-0.1, -0.05) is 18.2 Å². The summed E-state index contributed by atoms with van der Waals surface area (Å²) in [6, 6.07) is 10.3.